The summed E-state index contributed by atoms with van der Waals surface area (Å²) in [4.78, 5) is 16.6. The summed E-state index contributed by atoms with van der Waals surface area (Å²) >= 11 is 0. The van der Waals surface area contributed by atoms with Crippen LogP contribution in [-0.2, 0) is 0 Å². The molecule has 0 atom stereocenters. The SMILES string of the molecule is Cc1ccc(C#CCN)c(C(=O)Nc2ncccc2C)c1. The van der Waals surface area contributed by atoms with E-state index in [1.807, 2.05) is 44.2 Å². The van der Waals surface area contributed by atoms with Gasteiger partial charge in [-0.15, -0.1) is 0 Å². The number of anilines is 1. The molecule has 0 radical (unpaired) electrons. The van der Waals surface area contributed by atoms with E-state index in [0.717, 1.165) is 11.1 Å². The molecule has 1 heterocycles. The molecule has 3 N–H and O–H groups in total. The number of pyridine rings is 1. The molecular formula is C17H17N3O. The van der Waals surface area contributed by atoms with Crippen LogP contribution in [0.5, 0.6) is 0 Å². The highest BCUT2D eigenvalue weighted by atomic mass is 16.1. The van der Waals surface area contributed by atoms with Crippen LogP contribution in [0, 0.1) is 25.7 Å². The van der Waals surface area contributed by atoms with Crippen LogP contribution in [0.4, 0.5) is 5.82 Å². The van der Waals surface area contributed by atoms with Gasteiger partial charge in [0, 0.05) is 11.8 Å². The molecule has 4 nitrogen and oxygen atoms in total. The Labute approximate surface area is 124 Å². The Hall–Kier alpha value is -2.64. The maximum absolute atomic E-state index is 12.5. The molecule has 1 amide bonds. The highest BCUT2D eigenvalue weighted by molar-refractivity contribution is 6.06. The van der Waals surface area contributed by atoms with E-state index in [2.05, 4.69) is 22.1 Å². The van der Waals surface area contributed by atoms with E-state index in [4.69, 9.17) is 5.73 Å². The fourth-order valence-electron chi connectivity index (χ4n) is 1.89. The van der Waals surface area contributed by atoms with Crippen LogP contribution < -0.4 is 11.1 Å². The molecule has 0 aliphatic heterocycles. The molecule has 0 aliphatic rings. The van der Waals surface area contributed by atoms with E-state index >= 15 is 0 Å². The first-order valence-corrected chi connectivity index (χ1v) is 6.64. The second-order valence-electron chi connectivity index (χ2n) is 4.68. The Bertz CT molecular complexity index is 726. The summed E-state index contributed by atoms with van der Waals surface area (Å²) in [5.74, 6) is 6.04. The van der Waals surface area contributed by atoms with Crippen LogP contribution in [-0.4, -0.2) is 17.4 Å². The lowest BCUT2D eigenvalue weighted by molar-refractivity contribution is 0.102. The van der Waals surface area contributed by atoms with E-state index in [1.54, 1.807) is 6.20 Å². The zero-order chi connectivity index (χ0) is 15.2. The van der Waals surface area contributed by atoms with Gasteiger partial charge in [0.2, 0.25) is 0 Å². The number of amides is 1. The molecule has 106 valence electrons. The molecule has 1 aromatic carbocycles. The third kappa shape index (κ3) is 3.68. The Morgan fingerprint density at radius 2 is 2.14 bits per heavy atom. The van der Waals surface area contributed by atoms with Gasteiger partial charge < -0.3 is 11.1 Å². The highest BCUT2D eigenvalue weighted by Gasteiger charge is 2.12. The summed E-state index contributed by atoms with van der Waals surface area (Å²) in [6, 6.07) is 9.29. The van der Waals surface area contributed by atoms with Crippen LogP contribution in [0.3, 0.4) is 0 Å². The number of carbonyl (C=O) groups excluding carboxylic acids is 1. The molecule has 0 saturated carbocycles. The molecule has 2 aromatic rings. The minimum atomic E-state index is -0.221. The number of nitrogens with zero attached hydrogens (tertiary/aromatic N) is 1. The zero-order valence-corrected chi connectivity index (χ0v) is 12.1. The summed E-state index contributed by atoms with van der Waals surface area (Å²) in [5, 5.41) is 2.82. The molecule has 0 aliphatic carbocycles. The molecule has 21 heavy (non-hydrogen) atoms. The predicted octanol–water partition coefficient (Wildman–Crippen LogP) is 2.26. The van der Waals surface area contributed by atoms with Gasteiger partial charge in [-0.2, -0.15) is 0 Å². The summed E-state index contributed by atoms with van der Waals surface area (Å²) in [6.07, 6.45) is 1.65. The van der Waals surface area contributed by atoms with Gasteiger partial charge in [-0.25, -0.2) is 4.98 Å². The van der Waals surface area contributed by atoms with Crippen LogP contribution in [0.25, 0.3) is 0 Å². The van der Waals surface area contributed by atoms with Crippen molar-refractivity contribution >= 4 is 11.7 Å². The van der Waals surface area contributed by atoms with Crippen molar-refractivity contribution in [2.45, 2.75) is 13.8 Å². The van der Waals surface area contributed by atoms with Crippen molar-refractivity contribution in [1.82, 2.24) is 4.98 Å². The lowest BCUT2D eigenvalue weighted by atomic mass is 10.0. The number of nitrogens with two attached hydrogens (primary N) is 1. The highest BCUT2D eigenvalue weighted by Crippen LogP contribution is 2.15. The van der Waals surface area contributed by atoms with Crippen molar-refractivity contribution in [2.75, 3.05) is 11.9 Å². The number of aryl methyl sites for hydroxylation is 2. The van der Waals surface area contributed by atoms with E-state index in [-0.39, 0.29) is 12.5 Å². The first kappa shape index (κ1) is 14.8. The van der Waals surface area contributed by atoms with Crippen molar-refractivity contribution in [3.8, 4) is 11.8 Å². The van der Waals surface area contributed by atoms with Gasteiger partial charge in [0.25, 0.3) is 5.91 Å². The van der Waals surface area contributed by atoms with Crippen LogP contribution >= 0.6 is 0 Å². The molecule has 0 saturated heterocycles. The number of rotatable bonds is 2. The van der Waals surface area contributed by atoms with Crippen molar-refractivity contribution < 1.29 is 4.79 Å². The smallest absolute Gasteiger partial charge is 0.258 e. The summed E-state index contributed by atoms with van der Waals surface area (Å²) < 4.78 is 0. The first-order chi connectivity index (χ1) is 10.1. The second kappa shape index (κ2) is 6.69. The topological polar surface area (TPSA) is 68.0 Å². The molecule has 0 bridgehead atoms. The minimum Gasteiger partial charge on any atom is -0.320 e. The zero-order valence-electron chi connectivity index (χ0n) is 12.1. The van der Waals surface area contributed by atoms with Crippen LogP contribution in [0.15, 0.2) is 36.5 Å². The van der Waals surface area contributed by atoms with E-state index in [1.165, 1.54) is 0 Å². The predicted molar refractivity (Wildman–Crippen MR) is 84.0 cm³/mol. The number of carbonyl (C=O) groups is 1. The molecule has 0 spiro atoms. The standard InChI is InChI=1S/C17H17N3O/c1-12-7-8-14(6-3-9-18)15(11-12)17(21)20-16-13(2)5-4-10-19-16/h4-5,7-8,10-11H,9,18H2,1-2H3,(H,19,20,21). The lowest BCUT2D eigenvalue weighted by Crippen LogP contribution is -2.15. The molecule has 1 aromatic heterocycles. The molecule has 0 unspecified atom stereocenters. The Morgan fingerprint density at radius 3 is 2.86 bits per heavy atom. The van der Waals surface area contributed by atoms with Crippen molar-refractivity contribution in [3.63, 3.8) is 0 Å². The number of aromatic nitrogens is 1. The maximum Gasteiger partial charge on any atom is 0.258 e. The lowest BCUT2D eigenvalue weighted by Gasteiger charge is -2.09. The molecular weight excluding hydrogens is 262 g/mol. The minimum absolute atomic E-state index is 0.221. The van der Waals surface area contributed by atoms with E-state index in [0.29, 0.717) is 16.9 Å². The molecule has 0 fully saturated rings. The van der Waals surface area contributed by atoms with Gasteiger partial charge in [0.1, 0.15) is 5.82 Å². The summed E-state index contributed by atoms with van der Waals surface area (Å²) in [6.45, 7) is 4.09. The van der Waals surface area contributed by atoms with Gasteiger partial charge in [-0.1, -0.05) is 29.5 Å². The average Bonchev–Trinajstić information content (AvgIpc) is 2.48. The maximum atomic E-state index is 12.5. The average molecular weight is 279 g/mol. The first-order valence-electron chi connectivity index (χ1n) is 6.64. The van der Waals surface area contributed by atoms with Crippen LogP contribution in [0.2, 0.25) is 0 Å². The number of nitrogens with one attached hydrogen (secondary N) is 1. The largest absolute Gasteiger partial charge is 0.320 e. The fourth-order valence-corrected chi connectivity index (χ4v) is 1.89. The van der Waals surface area contributed by atoms with Gasteiger partial charge in [0.15, 0.2) is 0 Å². The third-order valence-electron chi connectivity index (χ3n) is 2.99. The number of benzene rings is 1. The second-order valence-corrected chi connectivity index (χ2v) is 4.68. The van der Waals surface area contributed by atoms with Gasteiger partial charge in [-0.05, 0) is 37.6 Å². The van der Waals surface area contributed by atoms with E-state index < -0.39 is 0 Å². The fraction of sp³-hybridized carbons (Fsp3) is 0.176. The Balaban J connectivity index is 2.34. The van der Waals surface area contributed by atoms with Gasteiger partial charge in [0.05, 0.1) is 12.1 Å². The molecule has 2 rings (SSSR count). The number of hydrogen-bond donors (Lipinski definition) is 2. The van der Waals surface area contributed by atoms with Crippen molar-refractivity contribution in [1.29, 1.82) is 0 Å². The molecule has 4 heteroatoms. The number of hydrogen-bond acceptors (Lipinski definition) is 3. The quantitative estimate of drug-likeness (QED) is 0.829. The van der Waals surface area contributed by atoms with Gasteiger partial charge in [-0.3, -0.25) is 4.79 Å². The van der Waals surface area contributed by atoms with E-state index in [9.17, 15) is 4.79 Å². The van der Waals surface area contributed by atoms with Gasteiger partial charge >= 0.3 is 0 Å². The normalized spacial score (nSPS) is 9.67. The monoisotopic (exact) mass is 279 g/mol. The third-order valence-corrected chi connectivity index (χ3v) is 2.99. The summed E-state index contributed by atoms with van der Waals surface area (Å²) in [5.41, 5.74) is 8.49. The van der Waals surface area contributed by atoms with Crippen molar-refractivity contribution in [3.05, 3.63) is 58.8 Å². The Kier molecular flexibility index (Phi) is 4.70. The summed E-state index contributed by atoms with van der Waals surface area (Å²) in [7, 11) is 0. The van der Waals surface area contributed by atoms with Crippen molar-refractivity contribution in [2.24, 2.45) is 5.73 Å². The van der Waals surface area contributed by atoms with Crippen LogP contribution in [0.1, 0.15) is 27.0 Å². The Morgan fingerprint density at radius 1 is 1.33 bits per heavy atom.